The standard InChI is InChI=1S/C17H18N6O.ClH/c24-16-12-13(23-9-1-6-19-23)2-3-14(16)15-4-5-17(21-20-15)22-10-7-18-8-11-22;/h1-6,9,12,18,24H,7-8,10-11H2;1H. The largest absolute Gasteiger partial charge is 0.507 e. The lowest BCUT2D eigenvalue weighted by molar-refractivity contribution is 0.476. The van der Waals surface area contributed by atoms with E-state index in [2.05, 4.69) is 25.5 Å². The maximum absolute atomic E-state index is 10.3. The molecule has 2 aromatic heterocycles. The van der Waals surface area contributed by atoms with Crippen molar-refractivity contribution in [3.8, 4) is 22.7 Å². The summed E-state index contributed by atoms with van der Waals surface area (Å²) in [7, 11) is 0. The molecule has 0 saturated carbocycles. The fourth-order valence-electron chi connectivity index (χ4n) is 2.83. The molecule has 0 radical (unpaired) electrons. The Balaban J connectivity index is 0.00000182. The molecule has 4 rings (SSSR count). The molecule has 3 aromatic rings. The lowest BCUT2D eigenvalue weighted by Gasteiger charge is -2.27. The van der Waals surface area contributed by atoms with Crippen LogP contribution in [0.4, 0.5) is 5.82 Å². The number of piperazine rings is 1. The van der Waals surface area contributed by atoms with Gasteiger partial charge in [-0.3, -0.25) is 0 Å². The second-order valence-electron chi connectivity index (χ2n) is 5.67. The first-order valence-electron chi connectivity index (χ1n) is 7.94. The van der Waals surface area contributed by atoms with Crippen molar-refractivity contribution in [2.24, 2.45) is 0 Å². The zero-order valence-corrected chi connectivity index (χ0v) is 14.4. The Hall–Kier alpha value is -2.64. The summed E-state index contributed by atoms with van der Waals surface area (Å²) >= 11 is 0. The number of phenolic OH excluding ortho intramolecular Hbond substituents is 1. The third-order valence-electron chi connectivity index (χ3n) is 4.12. The third kappa shape index (κ3) is 3.57. The van der Waals surface area contributed by atoms with Gasteiger partial charge in [-0.15, -0.1) is 22.6 Å². The highest BCUT2D eigenvalue weighted by atomic mass is 35.5. The minimum absolute atomic E-state index is 0. The number of nitrogens with one attached hydrogen (secondary N) is 1. The Morgan fingerprint density at radius 1 is 1.04 bits per heavy atom. The van der Waals surface area contributed by atoms with Crippen molar-refractivity contribution in [3.05, 3.63) is 48.8 Å². The van der Waals surface area contributed by atoms with E-state index in [9.17, 15) is 5.11 Å². The molecule has 130 valence electrons. The van der Waals surface area contributed by atoms with E-state index in [1.165, 1.54) is 0 Å². The third-order valence-corrected chi connectivity index (χ3v) is 4.12. The maximum atomic E-state index is 10.3. The minimum Gasteiger partial charge on any atom is -0.507 e. The van der Waals surface area contributed by atoms with E-state index in [0.29, 0.717) is 11.3 Å². The highest BCUT2D eigenvalue weighted by Crippen LogP contribution is 2.29. The van der Waals surface area contributed by atoms with E-state index >= 15 is 0 Å². The van der Waals surface area contributed by atoms with E-state index in [4.69, 9.17) is 0 Å². The molecule has 3 heterocycles. The van der Waals surface area contributed by atoms with E-state index in [0.717, 1.165) is 37.7 Å². The van der Waals surface area contributed by atoms with Crippen molar-refractivity contribution in [2.75, 3.05) is 31.1 Å². The monoisotopic (exact) mass is 358 g/mol. The van der Waals surface area contributed by atoms with Crippen LogP contribution in [0.2, 0.25) is 0 Å². The molecule has 1 saturated heterocycles. The van der Waals surface area contributed by atoms with Crippen LogP contribution in [0.1, 0.15) is 0 Å². The quantitative estimate of drug-likeness (QED) is 0.744. The molecule has 0 atom stereocenters. The van der Waals surface area contributed by atoms with Crippen LogP contribution < -0.4 is 10.2 Å². The van der Waals surface area contributed by atoms with Crippen molar-refractivity contribution in [1.82, 2.24) is 25.3 Å². The van der Waals surface area contributed by atoms with Gasteiger partial charge in [0.25, 0.3) is 0 Å². The van der Waals surface area contributed by atoms with E-state index in [1.54, 1.807) is 16.9 Å². The first-order valence-corrected chi connectivity index (χ1v) is 7.94. The molecule has 25 heavy (non-hydrogen) atoms. The fraction of sp³-hybridized carbons (Fsp3) is 0.235. The zero-order valence-electron chi connectivity index (χ0n) is 13.5. The Kier molecular flexibility index (Phi) is 5.16. The summed E-state index contributed by atoms with van der Waals surface area (Å²) in [5.74, 6) is 1.03. The van der Waals surface area contributed by atoms with Crippen molar-refractivity contribution in [1.29, 1.82) is 0 Å². The zero-order chi connectivity index (χ0) is 16.4. The summed E-state index contributed by atoms with van der Waals surface area (Å²) in [6, 6.07) is 11.1. The summed E-state index contributed by atoms with van der Waals surface area (Å²) in [5.41, 5.74) is 2.11. The Morgan fingerprint density at radius 3 is 2.52 bits per heavy atom. The number of nitrogens with zero attached hydrogens (tertiary/aromatic N) is 5. The van der Waals surface area contributed by atoms with Crippen molar-refractivity contribution in [2.45, 2.75) is 0 Å². The molecule has 0 spiro atoms. The normalized spacial score (nSPS) is 14.2. The number of hydrogen-bond donors (Lipinski definition) is 2. The SMILES string of the molecule is Cl.Oc1cc(-n2cccn2)ccc1-c1ccc(N2CCNCC2)nn1. The molecule has 8 heteroatoms. The number of rotatable bonds is 3. The first kappa shape index (κ1) is 17.2. The molecule has 1 aromatic carbocycles. The summed E-state index contributed by atoms with van der Waals surface area (Å²) in [5, 5.41) is 26.4. The number of hydrogen-bond acceptors (Lipinski definition) is 6. The molecule has 0 bridgehead atoms. The van der Waals surface area contributed by atoms with Crippen LogP contribution in [0.3, 0.4) is 0 Å². The van der Waals surface area contributed by atoms with Crippen LogP contribution in [0.25, 0.3) is 16.9 Å². The molecule has 0 unspecified atom stereocenters. The first-order chi connectivity index (χ1) is 11.8. The number of aromatic hydroxyl groups is 1. The number of benzene rings is 1. The van der Waals surface area contributed by atoms with Crippen LogP contribution in [-0.2, 0) is 0 Å². The average molecular weight is 359 g/mol. The van der Waals surface area contributed by atoms with Crippen LogP contribution in [0, 0.1) is 0 Å². The second-order valence-corrected chi connectivity index (χ2v) is 5.67. The predicted molar refractivity (Wildman–Crippen MR) is 98.6 cm³/mol. The summed E-state index contributed by atoms with van der Waals surface area (Å²) < 4.78 is 1.70. The summed E-state index contributed by atoms with van der Waals surface area (Å²) in [6.07, 6.45) is 3.53. The maximum Gasteiger partial charge on any atom is 0.151 e. The molecular formula is C17H19ClN6O. The highest BCUT2D eigenvalue weighted by Gasteiger charge is 2.13. The lowest BCUT2D eigenvalue weighted by atomic mass is 10.1. The van der Waals surface area contributed by atoms with Gasteiger partial charge in [-0.1, -0.05) is 0 Å². The van der Waals surface area contributed by atoms with Gasteiger partial charge in [-0.2, -0.15) is 5.10 Å². The summed E-state index contributed by atoms with van der Waals surface area (Å²) in [6.45, 7) is 3.77. The van der Waals surface area contributed by atoms with Gasteiger partial charge in [0.05, 0.1) is 11.4 Å². The average Bonchev–Trinajstić information content (AvgIpc) is 3.17. The Labute approximate surface area is 151 Å². The van der Waals surface area contributed by atoms with Gasteiger partial charge in [0.1, 0.15) is 5.75 Å². The number of phenols is 1. The molecule has 1 aliphatic heterocycles. The van der Waals surface area contributed by atoms with Crippen LogP contribution >= 0.6 is 12.4 Å². The molecule has 0 aliphatic carbocycles. The van der Waals surface area contributed by atoms with E-state index in [-0.39, 0.29) is 18.2 Å². The van der Waals surface area contributed by atoms with Gasteiger partial charge in [0.2, 0.25) is 0 Å². The van der Waals surface area contributed by atoms with Crippen molar-refractivity contribution >= 4 is 18.2 Å². The molecule has 1 fully saturated rings. The molecule has 0 amide bonds. The molecular weight excluding hydrogens is 340 g/mol. The Bertz CT molecular complexity index is 816. The topological polar surface area (TPSA) is 79.1 Å². The smallest absolute Gasteiger partial charge is 0.151 e. The Morgan fingerprint density at radius 2 is 1.88 bits per heavy atom. The van der Waals surface area contributed by atoms with Crippen LogP contribution in [-0.4, -0.2) is 51.3 Å². The summed E-state index contributed by atoms with van der Waals surface area (Å²) in [4.78, 5) is 2.20. The minimum atomic E-state index is 0. The second kappa shape index (κ2) is 7.50. The molecule has 2 N–H and O–H groups in total. The number of aromatic nitrogens is 4. The predicted octanol–water partition coefficient (Wildman–Crippen LogP) is 1.87. The van der Waals surface area contributed by atoms with Gasteiger partial charge in [-0.25, -0.2) is 4.68 Å². The lowest BCUT2D eigenvalue weighted by Crippen LogP contribution is -2.43. The van der Waals surface area contributed by atoms with Crippen LogP contribution in [0.15, 0.2) is 48.8 Å². The van der Waals surface area contributed by atoms with E-state index < -0.39 is 0 Å². The molecule has 7 nitrogen and oxygen atoms in total. The number of halogens is 1. The van der Waals surface area contributed by atoms with Gasteiger partial charge in [0.15, 0.2) is 5.82 Å². The van der Waals surface area contributed by atoms with Crippen LogP contribution in [0.5, 0.6) is 5.75 Å². The number of anilines is 1. The van der Waals surface area contributed by atoms with Gasteiger partial charge in [0, 0.05) is 50.2 Å². The van der Waals surface area contributed by atoms with Gasteiger partial charge < -0.3 is 15.3 Å². The van der Waals surface area contributed by atoms with E-state index in [1.807, 2.05) is 36.5 Å². The molecule has 1 aliphatic rings. The highest BCUT2D eigenvalue weighted by molar-refractivity contribution is 5.85. The van der Waals surface area contributed by atoms with Crippen molar-refractivity contribution < 1.29 is 5.11 Å². The van der Waals surface area contributed by atoms with Gasteiger partial charge in [-0.05, 0) is 30.3 Å². The van der Waals surface area contributed by atoms with Crippen molar-refractivity contribution in [3.63, 3.8) is 0 Å². The van der Waals surface area contributed by atoms with Gasteiger partial charge >= 0.3 is 0 Å². The fourth-order valence-corrected chi connectivity index (χ4v) is 2.83.